The smallest absolute Gasteiger partial charge is 0.233 e. The van der Waals surface area contributed by atoms with Crippen molar-refractivity contribution < 1.29 is 14.4 Å². The lowest BCUT2D eigenvalue weighted by Crippen LogP contribution is -2.24. The van der Waals surface area contributed by atoms with Crippen molar-refractivity contribution in [2.24, 2.45) is 0 Å². The zero-order chi connectivity index (χ0) is 18.4. The standard InChI is InChI=1S/C18H23N5O3/c1-2-3-4-7-13(11-23(25)12-24)18-22-21-17(26-18)10-16-19-14-8-5-6-9-15(14)20-16/h5-6,8-9,12-13,25H,2-4,7,10-11H2,1H3,(H,19,20). The Labute approximate surface area is 151 Å². The molecule has 0 aliphatic heterocycles. The maximum absolute atomic E-state index is 10.7. The van der Waals surface area contributed by atoms with Gasteiger partial charge in [-0.3, -0.25) is 10.0 Å². The van der Waals surface area contributed by atoms with Crippen LogP contribution in [0.4, 0.5) is 0 Å². The van der Waals surface area contributed by atoms with Gasteiger partial charge in [0.05, 0.1) is 29.9 Å². The highest BCUT2D eigenvalue weighted by atomic mass is 16.5. The van der Waals surface area contributed by atoms with Crippen molar-refractivity contribution in [1.82, 2.24) is 25.2 Å². The fraction of sp³-hybridized carbons (Fsp3) is 0.444. The fourth-order valence-corrected chi connectivity index (χ4v) is 2.94. The van der Waals surface area contributed by atoms with Crippen molar-refractivity contribution in [3.05, 3.63) is 41.9 Å². The molecule has 2 N–H and O–H groups in total. The Kier molecular flexibility index (Phi) is 5.96. The number of H-pyrrole nitrogens is 1. The van der Waals surface area contributed by atoms with Crippen molar-refractivity contribution in [3.63, 3.8) is 0 Å². The number of nitrogens with zero attached hydrogens (tertiary/aromatic N) is 4. The molecule has 0 aliphatic carbocycles. The van der Waals surface area contributed by atoms with Gasteiger partial charge < -0.3 is 9.40 Å². The van der Waals surface area contributed by atoms with Crippen LogP contribution in [0.2, 0.25) is 0 Å². The third-order valence-corrected chi connectivity index (χ3v) is 4.27. The Bertz CT molecular complexity index is 811. The van der Waals surface area contributed by atoms with Gasteiger partial charge in [-0.25, -0.2) is 10.0 Å². The number of rotatable bonds is 10. The van der Waals surface area contributed by atoms with E-state index in [2.05, 4.69) is 27.1 Å². The lowest BCUT2D eigenvalue weighted by molar-refractivity contribution is -0.151. The van der Waals surface area contributed by atoms with Crippen molar-refractivity contribution in [3.8, 4) is 0 Å². The van der Waals surface area contributed by atoms with Gasteiger partial charge in [-0.2, -0.15) is 0 Å². The molecule has 8 nitrogen and oxygen atoms in total. The molecular weight excluding hydrogens is 334 g/mol. The number of aromatic amines is 1. The lowest BCUT2D eigenvalue weighted by atomic mass is 10.0. The van der Waals surface area contributed by atoms with E-state index in [0.717, 1.165) is 42.5 Å². The normalized spacial score (nSPS) is 12.4. The van der Waals surface area contributed by atoms with E-state index in [9.17, 15) is 10.0 Å². The molecule has 1 aromatic carbocycles. The highest BCUT2D eigenvalue weighted by Gasteiger charge is 2.21. The number of carbonyl (C=O) groups is 1. The number of aromatic nitrogens is 4. The van der Waals surface area contributed by atoms with Crippen LogP contribution in [0.5, 0.6) is 0 Å². The van der Waals surface area contributed by atoms with Crippen molar-refractivity contribution in [2.75, 3.05) is 6.54 Å². The third-order valence-electron chi connectivity index (χ3n) is 4.27. The van der Waals surface area contributed by atoms with E-state index in [1.807, 2.05) is 24.3 Å². The van der Waals surface area contributed by atoms with Gasteiger partial charge in [0.25, 0.3) is 0 Å². The molecule has 1 atom stereocenters. The van der Waals surface area contributed by atoms with Crippen LogP contribution in [0.25, 0.3) is 11.0 Å². The maximum atomic E-state index is 10.7. The molecule has 2 aromatic heterocycles. The molecule has 138 valence electrons. The van der Waals surface area contributed by atoms with Crippen LogP contribution >= 0.6 is 0 Å². The zero-order valence-electron chi connectivity index (χ0n) is 14.8. The minimum absolute atomic E-state index is 0.138. The molecule has 0 bridgehead atoms. The number of amides is 1. The van der Waals surface area contributed by atoms with Crippen LogP contribution in [0.1, 0.15) is 56.1 Å². The van der Waals surface area contributed by atoms with Gasteiger partial charge in [-0.15, -0.1) is 10.2 Å². The van der Waals surface area contributed by atoms with Crippen LogP contribution in [-0.2, 0) is 11.2 Å². The van der Waals surface area contributed by atoms with Gasteiger partial charge in [-0.05, 0) is 18.6 Å². The largest absolute Gasteiger partial charge is 0.424 e. The molecule has 3 rings (SSSR count). The minimum atomic E-state index is -0.186. The molecule has 2 heterocycles. The number of carbonyl (C=O) groups excluding carboxylic acids is 1. The number of unbranched alkanes of at least 4 members (excludes halogenated alkanes) is 2. The quantitative estimate of drug-likeness (QED) is 0.250. The summed E-state index contributed by atoms with van der Waals surface area (Å²) in [4.78, 5) is 18.5. The van der Waals surface area contributed by atoms with Gasteiger partial charge in [0.15, 0.2) is 0 Å². The predicted octanol–water partition coefficient (Wildman–Crippen LogP) is 3.05. The molecule has 8 heteroatoms. The summed E-state index contributed by atoms with van der Waals surface area (Å²) in [5.41, 5.74) is 1.85. The van der Waals surface area contributed by atoms with Gasteiger partial charge in [0.2, 0.25) is 18.2 Å². The molecule has 0 saturated heterocycles. The summed E-state index contributed by atoms with van der Waals surface area (Å²) in [6, 6.07) is 7.79. The summed E-state index contributed by atoms with van der Waals surface area (Å²) in [5.74, 6) is 1.46. The Morgan fingerprint density at radius 3 is 2.92 bits per heavy atom. The van der Waals surface area contributed by atoms with Crippen molar-refractivity contribution >= 4 is 17.4 Å². The second kappa shape index (κ2) is 8.57. The van der Waals surface area contributed by atoms with Gasteiger partial charge in [0.1, 0.15) is 5.82 Å². The molecular formula is C18H23N5O3. The van der Waals surface area contributed by atoms with Crippen molar-refractivity contribution in [2.45, 2.75) is 44.9 Å². The monoisotopic (exact) mass is 357 g/mol. The topological polar surface area (TPSA) is 108 Å². The van der Waals surface area contributed by atoms with E-state index in [4.69, 9.17) is 4.42 Å². The first-order valence-electron chi connectivity index (χ1n) is 8.86. The molecule has 26 heavy (non-hydrogen) atoms. The zero-order valence-corrected chi connectivity index (χ0v) is 14.8. The van der Waals surface area contributed by atoms with Crippen LogP contribution < -0.4 is 0 Å². The lowest BCUT2D eigenvalue weighted by Gasteiger charge is -2.16. The third kappa shape index (κ3) is 4.45. The fourth-order valence-electron chi connectivity index (χ4n) is 2.94. The summed E-state index contributed by atoms with van der Waals surface area (Å²) in [6.07, 6.45) is 4.69. The number of imidazole rings is 1. The molecule has 0 spiro atoms. The number of hydrogen-bond acceptors (Lipinski definition) is 6. The number of hydrogen-bond donors (Lipinski definition) is 2. The Balaban J connectivity index is 1.71. The van der Waals surface area contributed by atoms with Gasteiger partial charge in [0, 0.05) is 0 Å². The molecule has 0 radical (unpaired) electrons. The summed E-state index contributed by atoms with van der Waals surface area (Å²) < 4.78 is 5.79. The SMILES string of the molecule is CCCCCC(CN(O)C=O)c1nnc(Cc2nc3ccccc3[nH]2)o1. The first-order valence-corrected chi connectivity index (χ1v) is 8.86. The number of fused-ring (bicyclic) bond motifs is 1. The summed E-state index contributed by atoms with van der Waals surface area (Å²) >= 11 is 0. The van der Waals surface area contributed by atoms with E-state index >= 15 is 0 Å². The first-order chi connectivity index (χ1) is 12.7. The molecule has 0 fully saturated rings. The van der Waals surface area contributed by atoms with E-state index in [1.54, 1.807) is 0 Å². The van der Waals surface area contributed by atoms with Crippen LogP contribution in [0.3, 0.4) is 0 Å². The average Bonchev–Trinajstić information content (AvgIpc) is 3.27. The predicted molar refractivity (Wildman–Crippen MR) is 94.6 cm³/mol. The van der Waals surface area contributed by atoms with Crippen molar-refractivity contribution in [1.29, 1.82) is 0 Å². The number of hydroxylamine groups is 2. The van der Waals surface area contributed by atoms with Crippen LogP contribution in [0.15, 0.2) is 28.7 Å². The molecule has 0 saturated carbocycles. The molecule has 1 amide bonds. The molecule has 0 aliphatic rings. The van der Waals surface area contributed by atoms with E-state index in [0.29, 0.717) is 29.7 Å². The molecule has 3 aromatic rings. The Morgan fingerprint density at radius 1 is 1.31 bits per heavy atom. The second-order valence-corrected chi connectivity index (χ2v) is 6.33. The summed E-state index contributed by atoms with van der Waals surface area (Å²) in [7, 11) is 0. The average molecular weight is 357 g/mol. The highest BCUT2D eigenvalue weighted by Crippen LogP contribution is 2.23. The summed E-state index contributed by atoms with van der Waals surface area (Å²) in [5, 5.41) is 18.4. The second-order valence-electron chi connectivity index (χ2n) is 6.33. The highest BCUT2D eigenvalue weighted by molar-refractivity contribution is 5.74. The van der Waals surface area contributed by atoms with E-state index in [-0.39, 0.29) is 12.5 Å². The minimum Gasteiger partial charge on any atom is -0.424 e. The number of para-hydroxylation sites is 2. The van der Waals surface area contributed by atoms with Gasteiger partial charge in [-0.1, -0.05) is 38.3 Å². The Hall–Kier alpha value is -2.74. The van der Waals surface area contributed by atoms with Crippen LogP contribution in [0, 0.1) is 0 Å². The Morgan fingerprint density at radius 2 is 2.15 bits per heavy atom. The number of nitrogens with one attached hydrogen (secondary N) is 1. The van der Waals surface area contributed by atoms with Crippen LogP contribution in [-0.4, -0.2) is 43.4 Å². The maximum Gasteiger partial charge on any atom is 0.233 e. The van der Waals surface area contributed by atoms with Gasteiger partial charge >= 0.3 is 0 Å². The molecule has 1 unspecified atom stereocenters. The summed E-state index contributed by atoms with van der Waals surface area (Å²) in [6.45, 7) is 2.26. The first kappa shape index (κ1) is 18.1. The number of benzene rings is 1. The van der Waals surface area contributed by atoms with E-state index in [1.165, 1.54) is 0 Å². The van der Waals surface area contributed by atoms with E-state index < -0.39 is 0 Å².